The van der Waals surface area contributed by atoms with Gasteiger partial charge in [0.2, 0.25) is 5.85 Å². The zero-order chi connectivity index (χ0) is 16.3. The maximum atomic E-state index is 15.0. The highest BCUT2D eigenvalue weighted by Gasteiger charge is 2.64. The second-order valence-electron chi connectivity index (χ2n) is 5.32. The van der Waals surface area contributed by atoms with Crippen molar-refractivity contribution in [1.29, 1.82) is 0 Å². The molecule has 2 aliphatic rings. The van der Waals surface area contributed by atoms with Crippen molar-refractivity contribution >= 4 is 22.6 Å². The Bertz CT molecular complexity index is 724. The van der Waals surface area contributed by atoms with Crippen LogP contribution in [0.4, 0.5) is 4.39 Å². The number of ether oxygens (including phenoxy) is 3. The van der Waals surface area contributed by atoms with Crippen LogP contribution in [0, 0.1) is 0 Å². The van der Waals surface area contributed by atoms with Gasteiger partial charge in [-0.05, 0) is 13.8 Å². The summed E-state index contributed by atoms with van der Waals surface area (Å²) in [6.07, 6.45) is -3.42. The molecule has 0 aliphatic carbocycles. The standard InChI is InChI=1S/C12H14FIN2O5/c1-11(2)19-7-8(20-11)12(13,5-14)21-9(7)16-4-3-6(17)15-10(16)18/h3-4,7-9H,5H2,1-2H3,(H,15,17,18)/t7-,8+,9-,12-/m1/s1/i9D. The van der Waals surface area contributed by atoms with Crippen LogP contribution in [-0.2, 0) is 14.2 Å². The average molecular weight is 413 g/mol. The van der Waals surface area contributed by atoms with Gasteiger partial charge in [0.15, 0.2) is 18.1 Å². The van der Waals surface area contributed by atoms with Gasteiger partial charge in [0.25, 0.3) is 5.56 Å². The fraction of sp³-hybridized carbons (Fsp3) is 0.667. The number of halogens is 2. The number of aromatic nitrogens is 2. The topological polar surface area (TPSA) is 82.6 Å². The smallest absolute Gasteiger partial charge is 0.330 e. The van der Waals surface area contributed by atoms with E-state index in [1.165, 1.54) is 0 Å². The summed E-state index contributed by atoms with van der Waals surface area (Å²) in [5.74, 6) is -3.39. The molecule has 9 heteroatoms. The van der Waals surface area contributed by atoms with E-state index in [4.69, 9.17) is 15.6 Å². The van der Waals surface area contributed by atoms with Crippen molar-refractivity contribution in [2.75, 3.05) is 4.43 Å². The maximum Gasteiger partial charge on any atom is 0.330 e. The first-order valence-electron chi connectivity index (χ1n) is 6.74. The number of hydrogen-bond acceptors (Lipinski definition) is 5. The Hall–Kier alpha value is -0.780. The zero-order valence-corrected chi connectivity index (χ0v) is 13.4. The first kappa shape index (κ1) is 13.9. The molecule has 0 aromatic carbocycles. The summed E-state index contributed by atoms with van der Waals surface area (Å²) in [5, 5.41) is 0. The SMILES string of the molecule is [2H][C@@]1(n2ccc(=O)[nH]c2=O)O[C@](F)(CI)[C@H]2OC(C)(C)O[C@H]21. The van der Waals surface area contributed by atoms with Crippen molar-refractivity contribution in [3.63, 3.8) is 0 Å². The first-order valence-corrected chi connectivity index (χ1v) is 7.77. The molecule has 1 aromatic rings. The molecule has 2 fully saturated rings. The molecule has 21 heavy (non-hydrogen) atoms. The molecule has 2 saturated heterocycles. The molecule has 116 valence electrons. The summed E-state index contributed by atoms with van der Waals surface area (Å²) < 4.78 is 40.5. The van der Waals surface area contributed by atoms with Gasteiger partial charge in [-0.1, -0.05) is 22.6 Å². The van der Waals surface area contributed by atoms with Crippen LogP contribution in [0.1, 0.15) is 21.4 Å². The van der Waals surface area contributed by atoms with Crippen molar-refractivity contribution in [2.45, 2.75) is 43.9 Å². The molecule has 0 bridgehead atoms. The van der Waals surface area contributed by atoms with Gasteiger partial charge in [0.1, 0.15) is 6.10 Å². The van der Waals surface area contributed by atoms with Crippen molar-refractivity contribution < 1.29 is 20.0 Å². The molecule has 0 spiro atoms. The lowest BCUT2D eigenvalue weighted by Crippen LogP contribution is -2.40. The van der Waals surface area contributed by atoms with Crippen LogP contribution in [0.5, 0.6) is 0 Å². The number of rotatable bonds is 2. The Morgan fingerprint density at radius 3 is 2.81 bits per heavy atom. The van der Waals surface area contributed by atoms with E-state index in [1.54, 1.807) is 36.4 Å². The highest BCUT2D eigenvalue weighted by atomic mass is 127. The van der Waals surface area contributed by atoms with Gasteiger partial charge in [0.05, 0.1) is 5.80 Å². The van der Waals surface area contributed by atoms with Crippen LogP contribution in [0.25, 0.3) is 0 Å². The van der Waals surface area contributed by atoms with E-state index >= 15 is 0 Å². The van der Waals surface area contributed by atoms with Crippen molar-refractivity contribution in [3.05, 3.63) is 33.1 Å². The van der Waals surface area contributed by atoms with Crippen LogP contribution in [0.3, 0.4) is 0 Å². The molecular formula is C12H14FIN2O5. The predicted octanol–water partition coefficient (Wildman–Crippen LogP) is 0.686. The van der Waals surface area contributed by atoms with Gasteiger partial charge in [0, 0.05) is 12.3 Å². The average Bonchev–Trinajstić information content (AvgIpc) is 2.84. The third-order valence-corrected chi connectivity index (χ3v) is 4.32. The quantitative estimate of drug-likeness (QED) is 0.570. The second kappa shape index (κ2) is 4.86. The number of nitrogens with zero attached hydrogens (tertiary/aromatic N) is 1. The van der Waals surface area contributed by atoms with Crippen LogP contribution < -0.4 is 11.2 Å². The van der Waals surface area contributed by atoms with Gasteiger partial charge < -0.3 is 14.2 Å². The van der Waals surface area contributed by atoms with Crippen LogP contribution in [0.15, 0.2) is 21.9 Å². The van der Waals surface area contributed by atoms with Gasteiger partial charge in [-0.25, -0.2) is 9.18 Å². The third kappa shape index (κ3) is 2.45. The largest absolute Gasteiger partial charge is 0.340 e. The Labute approximate surface area is 133 Å². The van der Waals surface area contributed by atoms with E-state index in [9.17, 15) is 14.0 Å². The lowest BCUT2D eigenvalue weighted by atomic mass is 10.1. The molecule has 0 amide bonds. The Morgan fingerprint density at radius 1 is 1.48 bits per heavy atom. The van der Waals surface area contributed by atoms with Gasteiger partial charge in [-0.15, -0.1) is 0 Å². The molecule has 0 radical (unpaired) electrons. The summed E-state index contributed by atoms with van der Waals surface area (Å²) >= 11 is 1.78. The number of H-pyrrole nitrogens is 1. The van der Waals surface area contributed by atoms with E-state index < -0.39 is 41.3 Å². The molecule has 0 unspecified atom stereocenters. The van der Waals surface area contributed by atoms with Gasteiger partial charge >= 0.3 is 5.69 Å². The number of alkyl halides is 2. The molecule has 7 nitrogen and oxygen atoms in total. The lowest BCUT2D eigenvalue weighted by Gasteiger charge is -2.27. The van der Waals surface area contributed by atoms with Gasteiger partial charge in [-0.2, -0.15) is 0 Å². The predicted molar refractivity (Wildman–Crippen MR) is 78.0 cm³/mol. The molecule has 3 rings (SSSR count). The normalized spacial score (nSPS) is 41.8. The zero-order valence-electron chi connectivity index (χ0n) is 12.3. The van der Waals surface area contributed by atoms with E-state index in [0.717, 1.165) is 16.8 Å². The molecule has 1 aromatic heterocycles. The van der Waals surface area contributed by atoms with E-state index in [0.29, 0.717) is 0 Å². The molecule has 3 heterocycles. The maximum absolute atomic E-state index is 15.0. The molecule has 0 saturated carbocycles. The van der Waals surface area contributed by atoms with Gasteiger partial charge in [-0.3, -0.25) is 14.3 Å². The Kier molecular flexibility index (Phi) is 3.21. The van der Waals surface area contributed by atoms with Crippen LogP contribution >= 0.6 is 22.6 Å². The van der Waals surface area contributed by atoms with E-state index in [-0.39, 0.29) is 4.43 Å². The minimum Gasteiger partial charge on any atom is -0.340 e. The summed E-state index contributed by atoms with van der Waals surface area (Å²) in [7, 11) is 0. The minimum absolute atomic E-state index is 0.107. The van der Waals surface area contributed by atoms with Crippen LogP contribution in [0.2, 0.25) is 0 Å². The monoisotopic (exact) mass is 413 g/mol. The third-order valence-electron chi connectivity index (χ3n) is 3.28. The highest BCUT2D eigenvalue weighted by Crippen LogP contribution is 2.48. The fourth-order valence-corrected chi connectivity index (χ4v) is 3.02. The number of aromatic amines is 1. The Morgan fingerprint density at radius 2 is 2.19 bits per heavy atom. The lowest BCUT2D eigenvalue weighted by molar-refractivity contribution is -0.246. The first-order chi connectivity index (χ1) is 10.1. The molecular weight excluding hydrogens is 398 g/mol. The number of fused-ring (bicyclic) bond motifs is 1. The van der Waals surface area contributed by atoms with E-state index in [2.05, 4.69) is 0 Å². The minimum atomic E-state index is -2.28. The van der Waals surface area contributed by atoms with Crippen molar-refractivity contribution in [3.8, 4) is 0 Å². The number of nitrogens with one attached hydrogen (secondary N) is 1. The second-order valence-corrected chi connectivity index (χ2v) is 6.08. The Balaban J connectivity index is 2.13. The summed E-state index contributed by atoms with van der Waals surface area (Å²) in [4.78, 5) is 25.2. The van der Waals surface area contributed by atoms with Crippen molar-refractivity contribution in [2.24, 2.45) is 0 Å². The van der Waals surface area contributed by atoms with E-state index in [1.807, 2.05) is 4.98 Å². The summed E-state index contributed by atoms with van der Waals surface area (Å²) in [6.45, 7) is 3.18. The summed E-state index contributed by atoms with van der Waals surface area (Å²) in [5.41, 5.74) is -1.50. The number of hydrogen-bond donors (Lipinski definition) is 1. The molecule has 4 atom stereocenters. The summed E-state index contributed by atoms with van der Waals surface area (Å²) in [6, 6.07) is 1.05. The van der Waals surface area contributed by atoms with Crippen molar-refractivity contribution in [1.82, 2.24) is 9.55 Å². The highest BCUT2D eigenvalue weighted by molar-refractivity contribution is 14.1. The molecule has 2 aliphatic heterocycles. The van der Waals surface area contributed by atoms with Crippen LogP contribution in [-0.4, -0.2) is 37.8 Å². The fourth-order valence-electron chi connectivity index (χ4n) is 2.43. The molecule has 1 N–H and O–H groups in total.